The van der Waals surface area contributed by atoms with Crippen molar-refractivity contribution in [3.05, 3.63) is 12.7 Å². The van der Waals surface area contributed by atoms with Crippen LogP contribution in [0.5, 0.6) is 0 Å². The van der Waals surface area contributed by atoms with Gasteiger partial charge in [0.1, 0.15) is 0 Å². The second kappa shape index (κ2) is 14.6. The summed E-state index contributed by atoms with van der Waals surface area (Å²) < 4.78 is 2.69. The molecule has 2 nitrogen and oxygen atoms in total. The molecule has 1 amide bonds. The Balaban J connectivity index is -0.000000845. The van der Waals surface area contributed by atoms with Crippen molar-refractivity contribution in [3.63, 3.8) is 0 Å². The van der Waals surface area contributed by atoms with E-state index in [1.54, 1.807) is 0 Å². The first-order chi connectivity index (χ1) is 6.81. The zero-order valence-electron chi connectivity index (χ0n) is 11.1. The Kier molecular flexibility index (Phi) is 17.4. The number of rotatable bonds is 9. The summed E-state index contributed by atoms with van der Waals surface area (Å²) in [6.45, 7) is 5.61. The molecule has 0 rings (SSSR count). The average Bonchev–Trinajstić information content (AvgIpc) is 2.21. The van der Waals surface area contributed by atoms with Gasteiger partial charge in [0, 0.05) is 5.75 Å². The Labute approximate surface area is 122 Å². The minimum Gasteiger partial charge on any atom is -1.00 e. The fourth-order valence-corrected chi connectivity index (χ4v) is 1.79. The predicted molar refractivity (Wildman–Crippen MR) is 65.3 cm³/mol. The van der Waals surface area contributed by atoms with Crippen LogP contribution in [0.4, 0.5) is 0 Å². The Bertz CT molecular complexity index is 170. The molecular weight excluding hydrogens is 217 g/mol. The van der Waals surface area contributed by atoms with E-state index in [0.717, 1.165) is 5.75 Å². The Hall–Kier alpha value is 0.560. The molecule has 0 radical (unpaired) electrons. The molecule has 0 aromatic heterocycles. The number of carbonyl (C=O) groups is 1. The van der Waals surface area contributed by atoms with Crippen molar-refractivity contribution < 1.29 is 35.8 Å². The van der Waals surface area contributed by atoms with E-state index in [1.807, 2.05) is 0 Å². The topological polar surface area (TPSA) is 29.1 Å². The zero-order valence-corrected chi connectivity index (χ0v) is 12.9. The molecule has 84 valence electrons. The van der Waals surface area contributed by atoms with Gasteiger partial charge in [-0.25, -0.2) is 0 Å². The van der Waals surface area contributed by atoms with Crippen molar-refractivity contribution in [3.8, 4) is 0 Å². The Morgan fingerprint density at radius 1 is 1.33 bits per heavy atom. The van der Waals surface area contributed by atoms with Crippen LogP contribution in [0.15, 0.2) is 12.7 Å². The fourth-order valence-electron chi connectivity index (χ4n) is 1.12. The van der Waals surface area contributed by atoms with Crippen LogP contribution >= 0.6 is 11.9 Å². The van der Waals surface area contributed by atoms with Crippen LogP contribution < -0.4 is 34.3 Å². The second-order valence-corrected chi connectivity index (χ2v) is 4.19. The summed E-state index contributed by atoms with van der Waals surface area (Å²) >= 11 is 1.48. The van der Waals surface area contributed by atoms with Gasteiger partial charge < -0.3 is 1.43 Å². The monoisotopic (exact) mass is 239 g/mol. The molecule has 0 aliphatic rings. The third-order valence-electron chi connectivity index (χ3n) is 1.96. The fraction of sp³-hybridized carbons (Fsp3) is 0.727. The van der Waals surface area contributed by atoms with Crippen LogP contribution in [0.1, 0.15) is 46.9 Å². The first kappa shape index (κ1) is 17.9. The molecule has 0 bridgehead atoms. The molecule has 0 saturated heterocycles. The summed E-state index contributed by atoms with van der Waals surface area (Å²) in [6, 6.07) is 0. The smallest absolute Gasteiger partial charge is 1.00 e. The number of nitrogens with one attached hydrogen (secondary N) is 1. The van der Waals surface area contributed by atoms with Crippen molar-refractivity contribution in [1.82, 2.24) is 4.72 Å². The number of carbonyl (C=O) groups excluding carboxylic acids is 1. The molecule has 0 aliphatic heterocycles. The Morgan fingerprint density at radius 3 is 2.53 bits per heavy atom. The molecule has 15 heavy (non-hydrogen) atoms. The summed E-state index contributed by atoms with van der Waals surface area (Å²) in [5.41, 5.74) is 0. The number of hydrogen-bond donors (Lipinski definition) is 1. The standard InChI is InChI=1S/C11H21NOS.Na.H/c1-3-5-6-7-8-9-10-14-12-11(13)4-2;;/h4H,2-3,5-10H2,1H3,(H,12,13);;/q;+1;-1. The summed E-state index contributed by atoms with van der Waals surface area (Å²) in [5.74, 6) is 0.909. The van der Waals surface area contributed by atoms with Gasteiger partial charge in [-0.2, -0.15) is 0 Å². The molecule has 0 fully saturated rings. The molecule has 4 heteroatoms. The molecule has 0 unspecified atom stereocenters. The summed E-state index contributed by atoms with van der Waals surface area (Å²) in [7, 11) is 0. The van der Waals surface area contributed by atoms with E-state index in [2.05, 4.69) is 18.2 Å². The van der Waals surface area contributed by atoms with E-state index >= 15 is 0 Å². The minimum atomic E-state index is -0.0963. The van der Waals surface area contributed by atoms with E-state index < -0.39 is 0 Å². The van der Waals surface area contributed by atoms with Gasteiger partial charge in [-0.05, 0) is 12.5 Å². The van der Waals surface area contributed by atoms with E-state index in [-0.39, 0.29) is 36.9 Å². The van der Waals surface area contributed by atoms with E-state index in [9.17, 15) is 4.79 Å². The van der Waals surface area contributed by atoms with Crippen LogP contribution in [0, 0.1) is 0 Å². The van der Waals surface area contributed by atoms with Gasteiger partial charge in [-0.3, -0.25) is 9.52 Å². The van der Waals surface area contributed by atoms with Crippen molar-refractivity contribution in [2.75, 3.05) is 5.75 Å². The maximum Gasteiger partial charge on any atom is 1.00 e. The molecule has 0 saturated carbocycles. The average molecular weight is 239 g/mol. The van der Waals surface area contributed by atoms with Crippen LogP contribution in [0.3, 0.4) is 0 Å². The third-order valence-corrected chi connectivity index (χ3v) is 2.80. The van der Waals surface area contributed by atoms with Crippen molar-refractivity contribution in [2.24, 2.45) is 0 Å². The molecule has 0 heterocycles. The number of hydrogen-bond acceptors (Lipinski definition) is 2. The van der Waals surface area contributed by atoms with Gasteiger partial charge in [-0.15, -0.1) is 0 Å². The van der Waals surface area contributed by atoms with Crippen molar-refractivity contribution in [2.45, 2.75) is 45.4 Å². The molecule has 0 aromatic rings. The SMILES string of the molecule is C=CC(=O)NSCCCCCCCC.[H-].[Na+]. The minimum absolute atomic E-state index is 0. The predicted octanol–water partition coefficient (Wildman–Crippen LogP) is 0.414. The first-order valence-corrected chi connectivity index (χ1v) is 6.34. The van der Waals surface area contributed by atoms with Gasteiger partial charge in [0.05, 0.1) is 0 Å². The summed E-state index contributed by atoms with van der Waals surface area (Å²) in [5, 5.41) is 0. The van der Waals surface area contributed by atoms with E-state index in [1.165, 1.54) is 56.5 Å². The van der Waals surface area contributed by atoms with Crippen LogP contribution in [0.2, 0.25) is 0 Å². The molecular formula is C11H22NNaOS. The van der Waals surface area contributed by atoms with Crippen molar-refractivity contribution >= 4 is 17.9 Å². The number of unbranched alkanes of at least 4 members (excludes halogenated alkanes) is 5. The van der Waals surface area contributed by atoms with E-state index in [0.29, 0.717) is 0 Å². The zero-order chi connectivity index (χ0) is 10.6. The normalized spacial score (nSPS) is 9.13. The third kappa shape index (κ3) is 14.6. The van der Waals surface area contributed by atoms with Crippen LogP contribution in [0.25, 0.3) is 0 Å². The molecule has 0 atom stereocenters. The van der Waals surface area contributed by atoms with Crippen molar-refractivity contribution in [1.29, 1.82) is 0 Å². The molecule has 1 N–H and O–H groups in total. The van der Waals surface area contributed by atoms with Gasteiger partial charge in [-0.1, -0.05) is 57.6 Å². The molecule has 0 aliphatic carbocycles. The number of amides is 1. The van der Waals surface area contributed by atoms with Crippen LogP contribution in [-0.4, -0.2) is 11.7 Å². The Morgan fingerprint density at radius 2 is 1.93 bits per heavy atom. The molecule has 0 aromatic carbocycles. The van der Waals surface area contributed by atoms with Gasteiger partial charge >= 0.3 is 29.6 Å². The largest absolute Gasteiger partial charge is 1.00 e. The van der Waals surface area contributed by atoms with Gasteiger partial charge in [0.2, 0.25) is 0 Å². The maximum absolute atomic E-state index is 10.7. The van der Waals surface area contributed by atoms with Gasteiger partial charge in [0.15, 0.2) is 0 Å². The van der Waals surface area contributed by atoms with Gasteiger partial charge in [0.25, 0.3) is 5.91 Å². The van der Waals surface area contributed by atoms with Crippen LogP contribution in [-0.2, 0) is 4.79 Å². The maximum atomic E-state index is 10.7. The quantitative estimate of drug-likeness (QED) is 0.273. The summed E-state index contributed by atoms with van der Waals surface area (Å²) in [4.78, 5) is 10.7. The second-order valence-electron chi connectivity index (χ2n) is 3.29. The first-order valence-electron chi connectivity index (χ1n) is 5.35. The van der Waals surface area contributed by atoms with E-state index in [4.69, 9.17) is 0 Å². The summed E-state index contributed by atoms with van der Waals surface area (Å²) in [6.07, 6.45) is 9.07. The molecule has 0 spiro atoms.